The van der Waals surface area contributed by atoms with Gasteiger partial charge in [0.05, 0.1) is 23.5 Å². The van der Waals surface area contributed by atoms with Crippen molar-refractivity contribution in [1.82, 2.24) is 9.97 Å². The Kier molecular flexibility index (Phi) is 6.89. The van der Waals surface area contributed by atoms with Gasteiger partial charge in [0.2, 0.25) is 0 Å². The molecule has 0 atom stereocenters. The van der Waals surface area contributed by atoms with Crippen molar-refractivity contribution in [2.24, 2.45) is 0 Å². The van der Waals surface area contributed by atoms with Gasteiger partial charge in [-0.3, -0.25) is 4.79 Å². The quantitative estimate of drug-likeness (QED) is 0.479. The van der Waals surface area contributed by atoms with Gasteiger partial charge >= 0.3 is 5.97 Å². The molecule has 0 spiro atoms. The Balaban J connectivity index is 1.58. The summed E-state index contributed by atoms with van der Waals surface area (Å²) in [5.74, 6) is 2.42. The van der Waals surface area contributed by atoms with E-state index < -0.39 is 0 Å². The number of thioether (sulfide) groups is 1. The van der Waals surface area contributed by atoms with E-state index in [1.54, 1.807) is 0 Å². The number of hydrogen-bond acceptors (Lipinski definition) is 7. The SMILES string of the molecule is CCOC(=O)CSCc1nc(NCc2ccc(C)cc2)c2c3c(sc2n1)CCCC3. The highest BCUT2D eigenvalue weighted by atomic mass is 32.2. The number of fused-ring (bicyclic) bond motifs is 3. The first kappa shape index (κ1) is 21.1. The van der Waals surface area contributed by atoms with E-state index >= 15 is 0 Å². The zero-order valence-corrected chi connectivity index (χ0v) is 19.1. The predicted octanol–water partition coefficient (Wildman–Crippen LogP) is 5.29. The topological polar surface area (TPSA) is 64.1 Å². The first-order valence-electron chi connectivity index (χ1n) is 10.5. The molecule has 0 saturated heterocycles. The highest BCUT2D eigenvalue weighted by Gasteiger charge is 2.21. The Labute approximate surface area is 185 Å². The van der Waals surface area contributed by atoms with Crippen LogP contribution in [0.5, 0.6) is 0 Å². The van der Waals surface area contributed by atoms with Crippen molar-refractivity contribution < 1.29 is 9.53 Å². The van der Waals surface area contributed by atoms with Crippen LogP contribution in [-0.4, -0.2) is 28.3 Å². The third kappa shape index (κ3) is 4.95. The van der Waals surface area contributed by atoms with Crippen molar-refractivity contribution in [3.8, 4) is 0 Å². The van der Waals surface area contributed by atoms with Gasteiger partial charge in [-0.25, -0.2) is 9.97 Å². The smallest absolute Gasteiger partial charge is 0.315 e. The molecule has 0 bridgehead atoms. The normalized spacial score (nSPS) is 13.3. The van der Waals surface area contributed by atoms with Crippen molar-refractivity contribution in [1.29, 1.82) is 0 Å². The Bertz CT molecular complexity index is 1030. The van der Waals surface area contributed by atoms with Crippen LogP contribution in [0.3, 0.4) is 0 Å². The summed E-state index contributed by atoms with van der Waals surface area (Å²) in [6, 6.07) is 8.58. The Hall–Kier alpha value is -2.12. The van der Waals surface area contributed by atoms with E-state index in [1.165, 1.54) is 51.6 Å². The molecule has 7 heteroatoms. The number of ether oxygens (including phenoxy) is 1. The molecule has 0 fully saturated rings. The summed E-state index contributed by atoms with van der Waals surface area (Å²) in [7, 11) is 0. The molecule has 2 aromatic heterocycles. The van der Waals surface area contributed by atoms with Gasteiger partial charge in [0.25, 0.3) is 0 Å². The molecule has 1 aromatic carbocycles. The summed E-state index contributed by atoms with van der Waals surface area (Å²) >= 11 is 3.31. The molecule has 2 heterocycles. The van der Waals surface area contributed by atoms with Crippen LogP contribution in [0.1, 0.15) is 47.2 Å². The average molecular weight is 442 g/mol. The van der Waals surface area contributed by atoms with Gasteiger partial charge in [-0.05, 0) is 50.7 Å². The summed E-state index contributed by atoms with van der Waals surface area (Å²) < 4.78 is 5.01. The maximum absolute atomic E-state index is 11.6. The van der Waals surface area contributed by atoms with Crippen LogP contribution < -0.4 is 5.32 Å². The largest absolute Gasteiger partial charge is 0.465 e. The molecule has 3 aromatic rings. The van der Waals surface area contributed by atoms with E-state index in [0.717, 1.165) is 35.9 Å². The molecule has 0 radical (unpaired) electrons. The fourth-order valence-corrected chi connectivity index (χ4v) is 5.66. The van der Waals surface area contributed by atoms with E-state index in [9.17, 15) is 4.79 Å². The van der Waals surface area contributed by atoms with Gasteiger partial charge in [-0.2, -0.15) is 0 Å². The molecular weight excluding hydrogens is 414 g/mol. The van der Waals surface area contributed by atoms with Crippen LogP contribution in [0.15, 0.2) is 24.3 Å². The van der Waals surface area contributed by atoms with E-state index in [-0.39, 0.29) is 5.97 Å². The minimum absolute atomic E-state index is 0.187. The van der Waals surface area contributed by atoms with Crippen LogP contribution in [0.4, 0.5) is 5.82 Å². The number of hydrogen-bond donors (Lipinski definition) is 1. The molecule has 4 rings (SSSR count). The van der Waals surface area contributed by atoms with Crippen molar-refractivity contribution in [3.05, 3.63) is 51.7 Å². The molecule has 158 valence electrons. The summed E-state index contributed by atoms with van der Waals surface area (Å²) in [5.41, 5.74) is 3.92. The molecule has 1 aliphatic rings. The lowest BCUT2D eigenvalue weighted by Crippen LogP contribution is -2.08. The van der Waals surface area contributed by atoms with Crippen molar-refractivity contribution in [3.63, 3.8) is 0 Å². The minimum atomic E-state index is -0.187. The minimum Gasteiger partial charge on any atom is -0.465 e. The number of benzene rings is 1. The fraction of sp³-hybridized carbons (Fsp3) is 0.435. The van der Waals surface area contributed by atoms with Crippen LogP contribution in [-0.2, 0) is 34.7 Å². The maximum Gasteiger partial charge on any atom is 0.315 e. The number of esters is 1. The second-order valence-corrected chi connectivity index (χ2v) is 9.59. The summed E-state index contributed by atoms with van der Waals surface area (Å²) in [4.78, 5) is 23.9. The number of carbonyl (C=O) groups is 1. The van der Waals surface area contributed by atoms with E-state index in [0.29, 0.717) is 18.1 Å². The Morgan fingerprint density at radius 3 is 2.80 bits per heavy atom. The van der Waals surface area contributed by atoms with Crippen molar-refractivity contribution in [2.75, 3.05) is 17.7 Å². The Morgan fingerprint density at radius 2 is 2.00 bits per heavy atom. The van der Waals surface area contributed by atoms with Gasteiger partial charge < -0.3 is 10.1 Å². The number of anilines is 1. The van der Waals surface area contributed by atoms with E-state index in [4.69, 9.17) is 14.7 Å². The zero-order valence-electron chi connectivity index (χ0n) is 17.5. The number of rotatable bonds is 8. The second-order valence-electron chi connectivity index (χ2n) is 7.52. The number of thiophene rings is 1. The molecule has 0 saturated carbocycles. The molecule has 0 unspecified atom stereocenters. The van der Waals surface area contributed by atoms with Gasteiger partial charge in [0, 0.05) is 11.4 Å². The van der Waals surface area contributed by atoms with Crippen molar-refractivity contribution >= 4 is 45.1 Å². The molecule has 0 aliphatic heterocycles. The molecule has 0 amide bonds. The number of nitrogens with one attached hydrogen (secondary N) is 1. The first-order chi connectivity index (χ1) is 14.6. The van der Waals surface area contributed by atoms with Crippen LogP contribution in [0, 0.1) is 6.92 Å². The first-order valence-corrected chi connectivity index (χ1v) is 12.4. The number of aromatic nitrogens is 2. The van der Waals surface area contributed by atoms with Gasteiger partial charge in [0.15, 0.2) is 0 Å². The molecule has 30 heavy (non-hydrogen) atoms. The van der Waals surface area contributed by atoms with Gasteiger partial charge in [-0.1, -0.05) is 29.8 Å². The van der Waals surface area contributed by atoms with Crippen LogP contribution >= 0.6 is 23.1 Å². The lowest BCUT2D eigenvalue weighted by atomic mass is 9.97. The summed E-state index contributed by atoms with van der Waals surface area (Å²) in [5, 5.41) is 4.77. The third-order valence-electron chi connectivity index (χ3n) is 5.20. The van der Waals surface area contributed by atoms with Crippen molar-refractivity contribution in [2.45, 2.75) is 51.8 Å². The van der Waals surface area contributed by atoms with E-state index in [1.807, 2.05) is 18.3 Å². The molecular formula is C23H27N3O2S2. The Morgan fingerprint density at radius 1 is 1.20 bits per heavy atom. The number of aryl methyl sites for hydroxylation is 3. The standard InChI is InChI=1S/C23H27N3O2S2/c1-3-28-20(27)14-29-13-19-25-22(24-12-16-10-8-15(2)9-11-16)21-17-6-4-5-7-18(17)30-23(21)26-19/h8-11H,3-7,12-14H2,1-2H3,(H,24,25,26). The monoisotopic (exact) mass is 441 g/mol. The second kappa shape index (κ2) is 9.79. The number of carbonyl (C=O) groups excluding carboxylic acids is 1. The van der Waals surface area contributed by atoms with Crippen LogP contribution in [0.2, 0.25) is 0 Å². The predicted molar refractivity (Wildman–Crippen MR) is 125 cm³/mol. The summed E-state index contributed by atoms with van der Waals surface area (Å²) in [6.45, 7) is 5.06. The molecule has 1 aliphatic carbocycles. The van der Waals surface area contributed by atoms with Crippen LogP contribution in [0.25, 0.3) is 10.2 Å². The lowest BCUT2D eigenvalue weighted by molar-refractivity contribution is -0.139. The summed E-state index contributed by atoms with van der Waals surface area (Å²) in [6.07, 6.45) is 4.73. The van der Waals surface area contributed by atoms with Gasteiger partial charge in [0.1, 0.15) is 16.5 Å². The average Bonchev–Trinajstić information content (AvgIpc) is 3.12. The maximum atomic E-state index is 11.6. The number of nitrogens with zero attached hydrogens (tertiary/aromatic N) is 2. The zero-order chi connectivity index (χ0) is 20.9. The molecule has 5 nitrogen and oxygen atoms in total. The third-order valence-corrected chi connectivity index (χ3v) is 7.29. The highest BCUT2D eigenvalue weighted by Crippen LogP contribution is 2.39. The van der Waals surface area contributed by atoms with Gasteiger partial charge in [-0.15, -0.1) is 23.1 Å². The van der Waals surface area contributed by atoms with E-state index in [2.05, 4.69) is 36.5 Å². The molecule has 1 N–H and O–H groups in total. The fourth-order valence-electron chi connectivity index (χ4n) is 3.71. The lowest BCUT2D eigenvalue weighted by Gasteiger charge is -2.13. The highest BCUT2D eigenvalue weighted by molar-refractivity contribution is 7.99.